The smallest absolute Gasteiger partial charge is 0.0342 e. The Morgan fingerprint density at radius 2 is 2.07 bits per heavy atom. The summed E-state index contributed by atoms with van der Waals surface area (Å²) in [5, 5.41) is 3.40. The Morgan fingerprint density at radius 1 is 1.21 bits per heavy atom. The number of benzene rings is 1. The average Bonchev–Trinajstić information content (AvgIpc) is 2.18. The lowest BCUT2D eigenvalue weighted by Crippen LogP contribution is -2.03. The van der Waals surface area contributed by atoms with Crippen LogP contribution in [0.1, 0.15) is 24.8 Å². The van der Waals surface area contributed by atoms with Crippen LogP contribution >= 0.6 is 0 Å². The highest BCUT2D eigenvalue weighted by Crippen LogP contribution is 2.09. The third-order valence-electron chi connectivity index (χ3n) is 2.23. The molecule has 0 amide bonds. The molecule has 0 unspecified atom stereocenters. The number of hydrogen-bond donors (Lipinski definition) is 2. The van der Waals surface area contributed by atoms with Gasteiger partial charge in [-0.15, -0.1) is 0 Å². The van der Waals surface area contributed by atoms with Gasteiger partial charge in [0.05, 0.1) is 0 Å². The number of unbranched alkanes of at least 4 members (excludes halogenated alkanes) is 2. The minimum absolute atomic E-state index is 0.810. The largest absolute Gasteiger partial charge is 0.385 e. The summed E-state index contributed by atoms with van der Waals surface area (Å²) in [7, 11) is 0. The van der Waals surface area contributed by atoms with Gasteiger partial charge in [-0.25, -0.2) is 0 Å². The summed E-state index contributed by atoms with van der Waals surface area (Å²) < 4.78 is 0. The molecular weight excluding hydrogens is 172 g/mol. The van der Waals surface area contributed by atoms with Crippen molar-refractivity contribution < 1.29 is 0 Å². The monoisotopic (exact) mass is 192 g/mol. The van der Waals surface area contributed by atoms with Crippen molar-refractivity contribution in [3.05, 3.63) is 29.8 Å². The van der Waals surface area contributed by atoms with Gasteiger partial charge in [-0.2, -0.15) is 0 Å². The normalized spacial score (nSPS) is 10.1. The molecule has 3 N–H and O–H groups in total. The van der Waals surface area contributed by atoms with Gasteiger partial charge in [0.15, 0.2) is 0 Å². The molecule has 0 spiro atoms. The van der Waals surface area contributed by atoms with Crippen LogP contribution in [0.5, 0.6) is 0 Å². The van der Waals surface area contributed by atoms with Crippen molar-refractivity contribution in [3.8, 4) is 0 Å². The van der Waals surface area contributed by atoms with Crippen molar-refractivity contribution in [1.82, 2.24) is 0 Å². The molecule has 0 aromatic heterocycles. The van der Waals surface area contributed by atoms with Gasteiger partial charge in [0.25, 0.3) is 0 Å². The average molecular weight is 192 g/mol. The minimum Gasteiger partial charge on any atom is -0.385 e. The predicted molar refractivity (Wildman–Crippen MR) is 62.6 cm³/mol. The summed E-state index contributed by atoms with van der Waals surface area (Å²) >= 11 is 0. The zero-order valence-corrected chi connectivity index (χ0v) is 8.92. The molecule has 0 saturated heterocycles. The molecule has 78 valence electrons. The third kappa shape index (κ3) is 4.28. The van der Waals surface area contributed by atoms with Gasteiger partial charge >= 0.3 is 0 Å². The summed E-state index contributed by atoms with van der Waals surface area (Å²) in [4.78, 5) is 0. The molecule has 0 radical (unpaired) electrons. The Balaban J connectivity index is 2.18. The van der Waals surface area contributed by atoms with E-state index in [-0.39, 0.29) is 0 Å². The maximum Gasteiger partial charge on any atom is 0.0342 e. The molecule has 0 saturated carbocycles. The van der Waals surface area contributed by atoms with Gasteiger partial charge in [-0.3, -0.25) is 0 Å². The fraction of sp³-hybridized carbons (Fsp3) is 0.500. The number of anilines is 1. The molecule has 2 heteroatoms. The second-order valence-electron chi connectivity index (χ2n) is 3.65. The maximum atomic E-state index is 5.42. The van der Waals surface area contributed by atoms with Gasteiger partial charge in [-0.1, -0.05) is 18.6 Å². The van der Waals surface area contributed by atoms with Crippen LogP contribution in [0.25, 0.3) is 0 Å². The molecule has 0 fully saturated rings. The number of rotatable bonds is 6. The predicted octanol–water partition coefficient (Wildman–Crippen LogP) is 2.54. The summed E-state index contributed by atoms with van der Waals surface area (Å²) in [5.74, 6) is 0. The summed E-state index contributed by atoms with van der Waals surface area (Å²) in [6, 6.07) is 8.47. The van der Waals surface area contributed by atoms with Crippen molar-refractivity contribution >= 4 is 5.69 Å². The Kier molecular flexibility index (Phi) is 5.08. The van der Waals surface area contributed by atoms with E-state index < -0.39 is 0 Å². The Hall–Kier alpha value is -1.02. The topological polar surface area (TPSA) is 38.0 Å². The van der Waals surface area contributed by atoms with Crippen LogP contribution in [0.15, 0.2) is 24.3 Å². The van der Waals surface area contributed by atoms with Crippen molar-refractivity contribution in [1.29, 1.82) is 0 Å². The highest BCUT2D eigenvalue weighted by molar-refractivity contribution is 5.45. The standard InChI is InChI=1S/C12H20N2/c1-11-6-5-7-12(10-11)14-9-4-2-3-8-13/h5-7,10,14H,2-4,8-9,13H2,1H3. The molecule has 14 heavy (non-hydrogen) atoms. The molecule has 0 heterocycles. The number of nitrogens with one attached hydrogen (secondary N) is 1. The van der Waals surface area contributed by atoms with Crippen LogP contribution in [-0.4, -0.2) is 13.1 Å². The first-order valence-corrected chi connectivity index (χ1v) is 5.33. The summed E-state index contributed by atoms with van der Waals surface area (Å²) in [6.45, 7) is 3.97. The van der Waals surface area contributed by atoms with E-state index in [1.807, 2.05) is 0 Å². The van der Waals surface area contributed by atoms with Crippen LogP contribution in [0.3, 0.4) is 0 Å². The lowest BCUT2D eigenvalue weighted by atomic mass is 10.2. The lowest BCUT2D eigenvalue weighted by molar-refractivity contribution is 0.707. The molecule has 1 aromatic rings. The van der Waals surface area contributed by atoms with Gasteiger partial charge in [0, 0.05) is 12.2 Å². The Bertz CT molecular complexity index is 258. The molecule has 0 aliphatic rings. The van der Waals surface area contributed by atoms with E-state index in [1.54, 1.807) is 0 Å². The Morgan fingerprint density at radius 3 is 2.79 bits per heavy atom. The molecule has 0 aliphatic carbocycles. The van der Waals surface area contributed by atoms with E-state index in [4.69, 9.17) is 5.73 Å². The van der Waals surface area contributed by atoms with E-state index in [1.165, 1.54) is 24.1 Å². The zero-order valence-electron chi connectivity index (χ0n) is 8.92. The molecular formula is C12H20N2. The maximum absolute atomic E-state index is 5.42. The van der Waals surface area contributed by atoms with Crippen molar-refractivity contribution in [3.63, 3.8) is 0 Å². The summed E-state index contributed by atoms with van der Waals surface area (Å²) in [5.41, 5.74) is 7.94. The first-order valence-electron chi connectivity index (χ1n) is 5.33. The van der Waals surface area contributed by atoms with Crippen LogP contribution in [-0.2, 0) is 0 Å². The number of hydrogen-bond acceptors (Lipinski definition) is 2. The Labute approximate surface area is 86.5 Å². The number of aryl methyl sites for hydroxylation is 1. The molecule has 0 atom stereocenters. The molecule has 1 rings (SSSR count). The van der Waals surface area contributed by atoms with Crippen molar-refractivity contribution in [2.75, 3.05) is 18.4 Å². The van der Waals surface area contributed by atoms with Gasteiger partial charge < -0.3 is 11.1 Å². The van der Waals surface area contributed by atoms with E-state index in [0.29, 0.717) is 0 Å². The van der Waals surface area contributed by atoms with Crippen LogP contribution in [0, 0.1) is 6.92 Å². The van der Waals surface area contributed by atoms with Crippen LogP contribution < -0.4 is 11.1 Å². The van der Waals surface area contributed by atoms with Crippen molar-refractivity contribution in [2.45, 2.75) is 26.2 Å². The second-order valence-corrected chi connectivity index (χ2v) is 3.65. The molecule has 1 aromatic carbocycles. The quantitative estimate of drug-likeness (QED) is 0.680. The van der Waals surface area contributed by atoms with E-state index in [0.717, 1.165) is 19.5 Å². The van der Waals surface area contributed by atoms with Gasteiger partial charge in [0.2, 0.25) is 0 Å². The van der Waals surface area contributed by atoms with Gasteiger partial charge in [0.1, 0.15) is 0 Å². The van der Waals surface area contributed by atoms with E-state index in [9.17, 15) is 0 Å². The molecule has 0 aliphatic heterocycles. The first kappa shape index (κ1) is 11.1. The van der Waals surface area contributed by atoms with E-state index >= 15 is 0 Å². The fourth-order valence-electron chi connectivity index (χ4n) is 1.43. The van der Waals surface area contributed by atoms with Crippen LogP contribution in [0.2, 0.25) is 0 Å². The van der Waals surface area contributed by atoms with Crippen molar-refractivity contribution in [2.24, 2.45) is 5.73 Å². The number of nitrogens with two attached hydrogens (primary N) is 1. The molecule has 2 nitrogen and oxygen atoms in total. The minimum atomic E-state index is 0.810. The fourth-order valence-corrected chi connectivity index (χ4v) is 1.43. The first-order chi connectivity index (χ1) is 6.83. The SMILES string of the molecule is Cc1cccc(NCCCCCN)c1. The van der Waals surface area contributed by atoms with Crippen LogP contribution in [0.4, 0.5) is 5.69 Å². The third-order valence-corrected chi connectivity index (χ3v) is 2.23. The second kappa shape index (κ2) is 6.44. The van der Waals surface area contributed by atoms with Gasteiger partial charge in [-0.05, 0) is 44.0 Å². The highest BCUT2D eigenvalue weighted by Gasteiger charge is 1.91. The lowest BCUT2D eigenvalue weighted by Gasteiger charge is -2.06. The highest BCUT2D eigenvalue weighted by atomic mass is 14.9. The summed E-state index contributed by atoms with van der Waals surface area (Å²) in [6.07, 6.45) is 3.55. The zero-order chi connectivity index (χ0) is 10.2. The molecule has 0 bridgehead atoms. The van der Waals surface area contributed by atoms with E-state index in [2.05, 4.69) is 36.5 Å².